The van der Waals surface area contributed by atoms with Gasteiger partial charge in [0.05, 0.1) is 0 Å². The predicted molar refractivity (Wildman–Crippen MR) is 200 cm³/mol. The van der Waals surface area contributed by atoms with Gasteiger partial charge in [0.1, 0.15) is 0 Å². The molecular weight excluding hydrogens is 632 g/mol. The first-order chi connectivity index (χ1) is 23.1. The molecule has 6 aromatic rings. The average Bonchev–Trinajstić information content (AvgIpc) is 3.74. The van der Waals surface area contributed by atoms with E-state index in [0.717, 1.165) is 57.2 Å². The van der Waals surface area contributed by atoms with Gasteiger partial charge in [-0.25, -0.2) is 0 Å². The standard InChI is InChI=1S/C39H39N4.C5H.Ti/c1-25-7-14-30(15-8-25)40-35-22-29(5)23-39(6,24-36(35)41-31-16-9-26(2)10-17-31)38-37(42-32-18-11-27(3)12-19-32)33-21-28(4)13-20-34(33)43-38;1-2-4-5-3-1;/h7-21,23,43H,22,24H2,1-6H3;1H;/q-3;-5;+4. The van der Waals surface area contributed by atoms with Crippen LogP contribution in [0.3, 0.4) is 0 Å². The first-order valence-electron chi connectivity index (χ1n) is 16.4. The number of aryl methyl sites for hydroxylation is 4. The molecule has 0 radical (unpaired) electrons. The van der Waals surface area contributed by atoms with Gasteiger partial charge < -0.3 is 51.3 Å². The molecule has 1 N–H and O–H groups in total. The van der Waals surface area contributed by atoms with Crippen LogP contribution < -0.4 is 0 Å². The van der Waals surface area contributed by atoms with Crippen LogP contribution in [-0.4, -0.2) is 4.98 Å². The quantitative estimate of drug-likeness (QED) is 0.0997. The molecule has 1 heterocycles. The molecule has 0 saturated heterocycles. The Hall–Kier alpha value is -4.64. The largest absolute Gasteiger partial charge is 4.00 e. The molecule has 1 aliphatic rings. The van der Waals surface area contributed by atoms with Crippen LogP contribution in [0.4, 0.5) is 22.7 Å². The monoisotopic (exact) mass is 672 g/mol. The Balaban J connectivity index is 0.000000717. The molecule has 5 aromatic carbocycles. The third kappa shape index (κ3) is 8.89. The number of rotatable bonds is 7. The van der Waals surface area contributed by atoms with Gasteiger partial charge in [-0.05, 0) is 58.9 Å². The Kier molecular flexibility index (Phi) is 11.4. The van der Waals surface area contributed by atoms with Gasteiger partial charge >= 0.3 is 21.7 Å². The van der Waals surface area contributed by atoms with Gasteiger partial charge in [-0.1, -0.05) is 126 Å². The van der Waals surface area contributed by atoms with Gasteiger partial charge in [0.25, 0.3) is 0 Å². The molecular formula is C44H40N4Ti-4. The fourth-order valence-corrected chi connectivity index (χ4v) is 6.13. The maximum atomic E-state index is 5.27. The summed E-state index contributed by atoms with van der Waals surface area (Å²) < 4.78 is 0. The summed E-state index contributed by atoms with van der Waals surface area (Å²) in [5.41, 5.74) is 13.8. The van der Waals surface area contributed by atoms with E-state index in [9.17, 15) is 0 Å². The maximum absolute atomic E-state index is 5.27. The zero-order valence-electron chi connectivity index (χ0n) is 29.1. The molecule has 7 rings (SSSR count). The van der Waals surface area contributed by atoms with E-state index in [1.807, 2.05) is 0 Å². The van der Waals surface area contributed by atoms with Crippen LogP contribution in [0, 0.1) is 52.0 Å². The summed E-state index contributed by atoms with van der Waals surface area (Å²) in [7, 11) is 0. The van der Waals surface area contributed by atoms with Crippen molar-refractivity contribution in [1.82, 2.24) is 4.98 Å². The van der Waals surface area contributed by atoms with Crippen molar-refractivity contribution in [1.29, 1.82) is 0 Å². The van der Waals surface area contributed by atoms with Crippen LogP contribution >= 0.6 is 0 Å². The normalized spacial score (nSPS) is 15.8. The van der Waals surface area contributed by atoms with Crippen LogP contribution in [0.15, 0.2) is 120 Å². The molecule has 0 fully saturated rings. The number of fused-ring (bicyclic) bond motifs is 1. The minimum absolute atomic E-state index is 0. The summed E-state index contributed by atoms with van der Waals surface area (Å²) >= 11 is 0. The minimum atomic E-state index is -0.394. The Labute approximate surface area is 307 Å². The van der Waals surface area contributed by atoms with Crippen molar-refractivity contribution in [2.75, 3.05) is 0 Å². The molecule has 0 spiro atoms. The number of aromatic nitrogens is 1. The fraction of sp³-hybridized carbons (Fsp3) is 0.205. The van der Waals surface area contributed by atoms with Crippen molar-refractivity contribution in [3.63, 3.8) is 0 Å². The Morgan fingerprint density at radius 1 is 0.633 bits per heavy atom. The summed E-state index contributed by atoms with van der Waals surface area (Å²) in [5, 5.41) is 16.9. The zero-order valence-corrected chi connectivity index (χ0v) is 30.6. The Morgan fingerprint density at radius 2 is 1.12 bits per heavy atom. The SMILES string of the molecule is CC1=CC(C)(c2[nH]c3ccc(C)cc3c2[N-]c2ccc(C)cc2)CC([N-]c2ccc(C)cc2)=C([N-]c2ccc(C)cc2)C1.[Ti+4].[c-]1[c-][c-][cH-][c-]1. The predicted octanol–water partition coefficient (Wildman–Crippen LogP) is 13.0. The van der Waals surface area contributed by atoms with Gasteiger partial charge in [0.2, 0.25) is 0 Å². The fourth-order valence-electron chi connectivity index (χ4n) is 6.13. The number of hydrogen-bond acceptors (Lipinski definition) is 0. The second-order valence-corrected chi connectivity index (χ2v) is 13.1. The number of H-pyrrole nitrogens is 1. The number of benzene rings is 4. The van der Waals surface area contributed by atoms with Crippen LogP contribution in [0.5, 0.6) is 0 Å². The topological polar surface area (TPSA) is 58.1 Å². The van der Waals surface area contributed by atoms with Crippen molar-refractivity contribution in [3.05, 3.63) is 188 Å². The summed E-state index contributed by atoms with van der Waals surface area (Å²) in [4.78, 5) is 3.81. The average molecular weight is 673 g/mol. The van der Waals surface area contributed by atoms with Gasteiger partial charge in [-0.2, -0.15) is 11.4 Å². The van der Waals surface area contributed by atoms with Crippen LogP contribution in [0.1, 0.15) is 54.6 Å². The molecule has 244 valence electrons. The minimum Gasteiger partial charge on any atom is -0.999 e. The summed E-state index contributed by atoms with van der Waals surface area (Å²) in [6.07, 6.45) is 3.82. The molecule has 4 nitrogen and oxygen atoms in total. The van der Waals surface area contributed by atoms with Crippen molar-refractivity contribution >= 4 is 33.7 Å². The first-order valence-corrected chi connectivity index (χ1v) is 16.4. The summed E-state index contributed by atoms with van der Waals surface area (Å²) in [5.74, 6) is 0. The molecule has 49 heavy (non-hydrogen) atoms. The third-order valence-electron chi connectivity index (χ3n) is 8.60. The number of aromatic amines is 1. The van der Waals surface area contributed by atoms with Crippen molar-refractivity contribution < 1.29 is 21.7 Å². The van der Waals surface area contributed by atoms with Gasteiger partial charge in [-0.3, -0.25) is 0 Å². The first kappa shape index (κ1) is 35.7. The molecule has 0 aliphatic heterocycles. The van der Waals surface area contributed by atoms with Gasteiger partial charge in [0, 0.05) is 16.6 Å². The molecule has 1 atom stereocenters. The number of nitrogens with zero attached hydrogens (tertiary/aromatic N) is 3. The molecule has 5 heteroatoms. The zero-order chi connectivity index (χ0) is 33.7. The van der Waals surface area contributed by atoms with E-state index in [-0.39, 0.29) is 21.7 Å². The van der Waals surface area contributed by atoms with E-state index in [1.165, 1.54) is 27.8 Å². The second-order valence-electron chi connectivity index (χ2n) is 13.1. The van der Waals surface area contributed by atoms with E-state index >= 15 is 0 Å². The van der Waals surface area contributed by atoms with Crippen LogP contribution in [0.2, 0.25) is 0 Å². The molecule has 1 aromatic heterocycles. The molecule has 1 aliphatic carbocycles. The number of allylic oxidation sites excluding steroid dienone is 3. The van der Waals surface area contributed by atoms with E-state index < -0.39 is 5.41 Å². The molecule has 1 unspecified atom stereocenters. The number of hydrogen-bond donors (Lipinski definition) is 1. The molecule has 0 amide bonds. The van der Waals surface area contributed by atoms with Crippen LogP contribution in [-0.2, 0) is 27.1 Å². The van der Waals surface area contributed by atoms with Crippen molar-refractivity contribution in [2.24, 2.45) is 0 Å². The summed E-state index contributed by atoms with van der Waals surface area (Å²) in [6.45, 7) is 13.0. The van der Waals surface area contributed by atoms with Crippen molar-refractivity contribution in [2.45, 2.75) is 59.8 Å². The Morgan fingerprint density at radius 3 is 1.63 bits per heavy atom. The smallest absolute Gasteiger partial charge is 0.999 e. The van der Waals surface area contributed by atoms with E-state index in [2.05, 4.69) is 168 Å². The van der Waals surface area contributed by atoms with Gasteiger partial charge in [-0.15, -0.1) is 22.7 Å². The third-order valence-corrected chi connectivity index (χ3v) is 8.60. The molecule has 0 saturated carbocycles. The van der Waals surface area contributed by atoms with Crippen molar-refractivity contribution in [3.8, 4) is 0 Å². The number of nitrogens with one attached hydrogen (secondary N) is 1. The van der Waals surface area contributed by atoms with Gasteiger partial charge in [0.15, 0.2) is 0 Å². The van der Waals surface area contributed by atoms with E-state index in [4.69, 9.17) is 16.0 Å². The second kappa shape index (κ2) is 15.7. The van der Waals surface area contributed by atoms with E-state index in [1.54, 1.807) is 6.07 Å². The van der Waals surface area contributed by atoms with Crippen LogP contribution in [0.25, 0.3) is 26.9 Å². The Bertz CT molecular complexity index is 2010. The van der Waals surface area contributed by atoms with E-state index in [0.29, 0.717) is 6.42 Å². The summed E-state index contributed by atoms with van der Waals surface area (Å²) in [6, 6.07) is 43.9. The molecule has 0 bridgehead atoms. The maximum Gasteiger partial charge on any atom is 4.00 e.